The van der Waals surface area contributed by atoms with Gasteiger partial charge in [-0.05, 0) is 70.2 Å². The summed E-state index contributed by atoms with van der Waals surface area (Å²) >= 11 is 6.22. The molecule has 3 aromatic rings. The molecule has 1 saturated heterocycles. The third-order valence-corrected chi connectivity index (χ3v) is 8.08. The molecule has 0 bridgehead atoms. The molecule has 1 fully saturated rings. The molecule has 1 aromatic heterocycles. The first-order valence-electron chi connectivity index (χ1n) is 12.6. The number of hydrogen-bond acceptors (Lipinski definition) is 9. The standard InChI is InChI=1S/C28H30ClN5O5S/c1-18-16-38-12-11-34(18)25-14-22(17-40(36,37)24-10-5-19(15-30)13-23(24)29)31-26(33-25)20-6-8-21(9-7-20)32-27(35)39-28(2,3)4/h5-10,13-14,18H,11-12,16-17H2,1-4H3,(H,32,35)/t18-/m0/s1. The van der Waals surface area contributed by atoms with E-state index in [1.54, 1.807) is 51.1 Å². The van der Waals surface area contributed by atoms with Gasteiger partial charge >= 0.3 is 6.09 Å². The smallest absolute Gasteiger partial charge is 0.412 e. The number of nitrogens with zero attached hydrogens (tertiary/aromatic N) is 4. The van der Waals surface area contributed by atoms with Gasteiger partial charge in [-0.3, -0.25) is 5.32 Å². The van der Waals surface area contributed by atoms with Gasteiger partial charge in [0.05, 0.1) is 52.3 Å². The number of nitrogens with one attached hydrogen (secondary N) is 1. The fraction of sp³-hybridized carbons (Fsp3) is 0.357. The van der Waals surface area contributed by atoms with Crippen LogP contribution >= 0.6 is 11.6 Å². The average molecular weight is 584 g/mol. The summed E-state index contributed by atoms with van der Waals surface area (Å²) in [5.41, 5.74) is 1.08. The Morgan fingerprint density at radius 2 is 1.93 bits per heavy atom. The molecule has 1 N–H and O–H groups in total. The van der Waals surface area contributed by atoms with Crippen LogP contribution < -0.4 is 10.2 Å². The summed E-state index contributed by atoms with van der Waals surface area (Å²) in [6, 6.07) is 14.6. The number of hydrogen-bond donors (Lipinski definition) is 1. The zero-order chi connectivity index (χ0) is 29.1. The lowest BCUT2D eigenvalue weighted by atomic mass is 10.2. The molecule has 10 nitrogen and oxygen atoms in total. The molecule has 4 rings (SSSR count). The number of rotatable bonds is 6. The Labute approximate surface area is 238 Å². The molecule has 2 heterocycles. The molecule has 12 heteroatoms. The van der Waals surface area contributed by atoms with Crippen LogP contribution in [0.1, 0.15) is 39.0 Å². The zero-order valence-electron chi connectivity index (χ0n) is 22.6. The van der Waals surface area contributed by atoms with Gasteiger partial charge in [-0.15, -0.1) is 0 Å². The van der Waals surface area contributed by atoms with E-state index in [-0.39, 0.29) is 27.2 Å². The van der Waals surface area contributed by atoms with Crippen LogP contribution in [0.15, 0.2) is 53.4 Å². The van der Waals surface area contributed by atoms with Crippen molar-refractivity contribution < 1.29 is 22.7 Å². The highest BCUT2D eigenvalue weighted by Crippen LogP contribution is 2.29. The second kappa shape index (κ2) is 11.8. The summed E-state index contributed by atoms with van der Waals surface area (Å²) in [6.07, 6.45) is -0.575. The van der Waals surface area contributed by atoms with Crippen molar-refractivity contribution in [3.05, 3.63) is 64.8 Å². The number of carbonyl (C=O) groups excluding carboxylic acids is 1. The summed E-state index contributed by atoms with van der Waals surface area (Å²) < 4.78 is 37.6. The van der Waals surface area contributed by atoms with E-state index in [4.69, 9.17) is 31.3 Å². The van der Waals surface area contributed by atoms with Crippen molar-refractivity contribution in [2.45, 2.75) is 50.0 Å². The fourth-order valence-electron chi connectivity index (χ4n) is 4.12. The van der Waals surface area contributed by atoms with E-state index < -0.39 is 27.3 Å². The van der Waals surface area contributed by atoms with E-state index in [0.717, 1.165) is 0 Å². The van der Waals surface area contributed by atoms with Crippen LogP contribution in [-0.4, -0.2) is 55.9 Å². The van der Waals surface area contributed by atoms with Crippen molar-refractivity contribution in [1.82, 2.24) is 9.97 Å². The molecule has 2 aromatic carbocycles. The van der Waals surface area contributed by atoms with Crippen LogP contribution in [0.2, 0.25) is 5.02 Å². The lowest BCUT2D eigenvalue weighted by molar-refractivity contribution is 0.0636. The Morgan fingerprint density at radius 3 is 2.55 bits per heavy atom. The van der Waals surface area contributed by atoms with Crippen LogP contribution in [0.4, 0.5) is 16.3 Å². The number of aromatic nitrogens is 2. The minimum atomic E-state index is -3.90. The summed E-state index contributed by atoms with van der Waals surface area (Å²) in [6.45, 7) is 8.96. The van der Waals surface area contributed by atoms with Gasteiger partial charge in [0.1, 0.15) is 11.4 Å². The van der Waals surface area contributed by atoms with Crippen molar-refractivity contribution in [2.24, 2.45) is 0 Å². The number of anilines is 2. The topological polar surface area (TPSA) is 135 Å². The lowest BCUT2D eigenvalue weighted by Gasteiger charge is -2.34. The third kappa shape index (κ3) is 7.27. The SMILES string of the molecule is C[C@H]1COCCN1c1cc(CS(=O)(=O)c2ccc(C#N)cc2Cl)nc(-c2ccc(NC(=O)OC(C)(C)C)cc2)n1. The van der Waals surface area contributed by atoms with Crippen molar-refractivity contribution in [1.29, 1.82) is 5.26 Å². The number of amides is 1. The molecule has 0 aliphatic carbocycles. The van der Waals surface area contributed by atoms with Crippen molar-refractivity contribution >= 4 is 39.0 Å². The van der Waals surface area contributed by atoms with Gasteiger partial charge in [0, 0.05) is 23.9 Å². The molecule has 0 unspecified atom stereocenters. The minimum absolute atomic E-state index is 0.0225. The second-order valence-electron chi connectivity index (χ2n) is 10.4. The summed E-state index contributed by atoms with van der Waals surface area (Å²) in [4.78, 5) is 23.4. The number of morpholine rings is 1. The number of halogens is 1. The normalized spacial score (nSPS) is 15.8. The van der Waals surface area contributed by atoms with Gasteiger partial charge in [0.15, 0.2) is 15.7 Å². The number of benzene rings is 2. The highest BCUT2D eigenvalue weighted by Gasteiger charge is 2.25. The highest BCUT2D eigenvalue weighted by molar-refractivity contribution is 7.90. The van der Waals surface area contributed by atoms with E-state index in [1.807, 2.05) is 13.0 Å². The van der Waals surface area contributed by atoms with Crippen molar-refractivity contribution in [2.75, 3.05) is 30.0 Å². The van der Waals surface area contributed by atoms with Gasteiger partial charge in [-0.1, -0.05) is 11.6 Å². The largest absolute Gasteiger partial charge is 0.444 e. The molecule has 1 amide bonds. The Kier molecular flexibility index (Phi) is 8.63. The van der Waals surface area contributed by atoms with Gasteiger partial charge in [-0.2, -0.15) is 5.26 Å². The molecule has 0 saturated carbocycles. The van der Waals surface area contributed by atoms with Gasteiger partial charge in [-0.25, -0.2) is 23.2 Å². The van der Waals surface area contributed by atoms with Crippen LogP contribution in [0.3, 0.4) is 0 Å². The monoisotopic (exact) mass is 583 g/mol. The minimum Gasteiger partial charge on any atom is -0.444 e. The van der Waals surface area contributed by atoms with E-state index in [9.17, 15) is 13.2 Å². The highest BCUT2D eigenvalue weighted by atomic mass is 35.5. The maximum atomic E-state index is 13.4. The maximum Gasteiger partial charge on any atom is 0.412 e. The molecule has 210 valence electrons. The first-order chi connectivity index (χ1) is 18.8. The Morgan fingerprint density at radius 1 is 1.20 bits per heavy atom. The first kappa shape index (κ1) is 29.3. The van der Waals surface area contributed by atoms with E-state index in [1.165, 1.54) is 18.2 Å². The summed E-state index contributed by atoms with van der Waals surface area (Å²) in [5.74, 6) is 0.488. The average Bonchev–Trinajstić information content (AvgIpc) is 2.87. The summed E-state index contributed by atoms with van der Waals surface area (Å²) in [5, 5.41) is 11.8. The molecule has 0 spiro atoms. The van der Waals surface area contributed by atoms with Crippen LogP contribution in [0, 0.1) is 11.3 Å². The number of ether oxygens (including phenoxy) is 2. The zero-order valence-corrected chi connectivity index (χ0v) is 24.2. The number of nitriles is 1. The molecule has 1 aliphatic heterocycles. The lowest BCUT2D eigenvalue weighted by Crippen LogP contribution is -2.44. The van der Waals surface area contributed by atoms with Crippen LogP contribution in [0.25, 0.3) is 11.4 Å². The van der Waals surface area contributed by atoms with Crippen molar-refractivity contribution in [3.63, 3.8) is 0 Å². The predicted octanol–water partition coefficient (Wildman–Crippen LogP) is 5.21. The summed E-state index contributed by atoms with van der Waals surface area (Å²) in [7, 11) is -3.90. The molecule has 0 radical (unpaired) electrons. The molecule has 1 aliphatic rings. The molecule has 40 heavy (non-hydrogen) atoms. The van der Waals surface area contributed by atoms with Gasteiger partial charge in [0.25, 0.3) is 0 Å². The van der Waals surface area contributed by atoms with Gasteiger partial charge < -0.3 is 14.4 Å². The fourth-order valence-corrected chi connectivity index (χ4v) is 5.98. The quantitative estimate of drug-likeness (QED) is 0.414. The molecule has 1 atom stereocenters. The second-order valence-corrected chi connectivity index (χ2v) is 12.7. The van der Waals surface area contributed by atoms with E-state index in [2.05, 4.69) is 15.2 Å². The van der Waals surface area contributed by atoms with E-state index >= 15 is 0 Å². The third-order valence-electron chi connectivity index (χ3n) is 5.95. The first-order valence-corrected chi connectivity index (χ1v) is 14.6. The Hall–Kier alpha value is -3.72. The van der Waals surface area contributed by atoms with Gasteiger partial charge in [0.2, 0.25) is 0 Å². The maximum absolute atomic E-state index is 13.4. The molecular weight excluding hydrogens is 554 g/mol. The van der Waals surface area contributed by atoms with Crippen molar-refractivity contribution in [3.8, 4) is 17.5 Å². The Balaban J connectivity index is 1.68. The number of sulfone groups is 1. The van der Waals surface area contributed by atoms with Crippen LogP contribution in [0.5, 0.6) is 0 Å². The van der Waals surface area contributed by atoms with E-state index in [0.29, 0.717) is 42.7 Å². The number of carbonyl (C=O) groups is 1. The van der Waals surface area contributed by atoms with Crippen LogP contribution in [-0.2, 0) is 25.1 Å². The predicted molar refractivity (Wildman–Crippen MR) is 152 cm³/mol. The molecular formula is C28H30ClN5O5S. The Bertz CT molecular complexity index is 1550.